The maximum atomic E-state index is 12.6. The van der Waals surface area contributed by atoms with E-state index in [1.807, 2.05) is 18.2 Å². The van der Waals surface area contributed by atoms with Gasteiger partial charge in [-0.15, -0.1) is 0 Å². The summed E-state index contributed by atoms with van der Waals surface area (Å²) in [7, 11) is 1.64. The van der Waals surface area contributed by atoms with Gasteiger partial charge in [0.2, 0.25) is 6.10 Å². The number of ether oxygens (including phenoxy) is 3. The van der Waals surface area contributed by atoms with Crippen molar-refractivity contribution >= 4 is 11.6 Å². The predicted molar refractivity (Wildman–Crippen MR) is 99.3 cm³/mol. The average Bonchev–Trinajstić information content (AvgIpc) is 3.40. The van der Waals surface area contributed by atoms with Crippen LogP contribution in [0.15, 0.2) is 23.4 Å². The second kappa shape index (κ2) is 8.17. The second-order valence-electron chi connectivity index (χ2n) is 7.16. The number of oxime groups is 1. The summed E-state index contributed by atoms with van der Waals surface area (Å²) >= 11 is 0. The average molecular weight is 374 g/mol. The molecule has 3 aliphatic rings. The molecule has 1 aromatic carbocycles. The minimum absolute atomic E-state index is 0.0204. The van der Waals surface area contributed by atoms with Crippen molar-refractivity contribution in [2.45, 2.75) is 44.3 Å². The SMILES string of the molecule is COc1ccc(C2=NOC(C(=O)N3CCOCC3)C2)cc1OC1CCCC1. The number of morpholine rings is 1. The van der Waals surface area contributed by atoms with Gasteiger partial charge < -0.3 is 23.9 Å². The predicted octanol–water partition coefficient (Wildman–Crippen LogP) is 2.37. The van der Waals surface area contributed by atoms with Crippen molar-refractivity contribution in [1.82, 2.24) is 4.90 Å². The van der Waals surface area contributed by atoms with Crippen LogP contribution in [0.2, 0.25) is 0 Å². The Balaban J connectivity index is 1.44. The quantitative estimate of drug-likeness (QED) is 0.791. The Morgan fingerprint density at radius 2 is 1.96 bits per heavy atom. The van der Waals surface area contributed by atoms with Crippen LogP contribution >= 0.6 is 0 Å². The van der Waals surface area contributed by atoms with Crippen LogP contribution in [0.4, 0.5) is 0 Å². The van der Waals surface area contributed by atoms with Gasteiger partial charge in [-0.25, -0.2) is 0 Å². The lowest BCUT2D eigenvalue weighted by Gasteiger charge is -2.28. The van der Waals surface area contributed by atoms with E-state index in [-0.39, 0.29) is 12.0 Å². The Hall–Kier alpha value is -2.28. The fourth-order valence-electron chi connectivity index (χ4n) is 3.80. The molecule has 0 aromatic heterocycles. The lowest BCUT2D eigenvalue weighted by Crippen LogP contribution is -2.45. The van der Waals surface area contributed by atoms with Gasteiger partial charge in [-0.3, -0.25) is 4.79 Å². The largest absolute Gasteiger partial charge is 0.493 e. The third kappa shape index (κ3) is 4.03. The lowest BCUT2D eigenvalue weighted by molar-refractivity contribution is -0.146. The third-order valence-corrected chi connectivity index (χ3v) is 5.36. The topological polar surface area (TPSA) is 69.6 Å². The van der Waals surface area contributed by atoms with Crippen molar-refractivity contribution in [3.8, 4) is 11.5 Å². The van der Waals surface area contributed by atoms with Crippen LogP contribution in [0.3, 0.4) is 0 Å². The Morgan fingerprint density at radius 1 is 1.19 bits per heavy atom. The molecule has 2 heterocycles. The Labute approximate surface area is 159 Å². The van der Waals surface area contributed by atoms with Gasteiger partial charge >= 0.3 is 0 Å². The van der Waals surface area contributed by atoms with E-state index in [4.69, 9.17) is 19.0 Å². The molecule has 1 unspecified atom stereocenters. The van der Waals surface area contributed by atoms with Gasteiger partial charge in [0.1, 0.15) is 0 Å². The van der Waals surface area contributed by atoms with Crippen molar-refractivity contribution in [3.63, 3.8) is 0 Å². The van der Waals surface area contributed by atoms with Crippen LogP contribution in [0, 0.1) is 0 Å². The molecule has 146 valence electrons. The van der Waals surface area contributed by atoms with Crippen LogP contribution in [-0.4, -0.2) is 62.1 Å². The molecule has 2 fully saturated rings. The molecule has 1 saturated carbocycles. The van der Waals surface area contributed by atoms with Gasteiger partial charge in [0.25, 0.3) is 5.91 Å². The number of benzene rings is 1. The molecule has 1 aromatic rings. The first-order valence-corrected chi connectivity index (χ1v) is 9.69. The molecule has 4 rings (SSSR count). The van der Waals surface area contributed by atoms with E-state index in [1.54, 1.807) is 12.0 Å². The maximum absolute atomic E-state index is 12.6. The minimum Gasteiger partial charge on any atom is -0.493 e. The van der Waals surface area contributed by atoms with E-state index in [1.165, 1.54) is 12.8 Å². The fourth-order valence-corrected chi connectivity index (χ4v) is 3.80. The molecule has 0 bridgehead atoms. The molecule has 1 saturated heterocycles. The second-order valence-corrected chi connectivity index (χ2v) is 7.16. The first-order valence-electron chi connectivity index (χ1n) is 9.69. The van der Waals surface area contributed by atoms with Crippen LogP contribution in [0.5, 0.6) is 11.5 Å². The molecular formula is C20H26N2O5. The van der Waals surface area contributed by atoms with Crippen LogP contribution in [0.1, 0.15) is 37.7 Å². The molecule has 27 heavy (non-hydrogen) atoms. The normalized spacial score (nSPS) is 23.1. The van der Waals surface area contributed by atoms with Gasteiger partial charge in [0.05, 0.1) is 32.1 Å². The minimum atomic E-state index is -0.556. The van der Waals surface area contributed by atoms with E-state index >= 15 is 0 Å². The van der Waals surface area contributed by atoms with Crippen LogP contribution in [0.25, 0.3) is 0 Å². The number of carbonyl (C=O) groups is 1. The summed E-state index contributed by atoms with van der Waals surface area (Å²) in [4.78, 5) is 19.8. The number of nitrogens with zero attached hydrogens (tertiary/aromatic N) is 2. The van der Waals surface area contributed by atoms with Gasteiger partial charge in [0, 0.05) is 25.1 Å². The van der Waals surface area contributed by atoms with Crippen molar-refractivity contribution in [2.24, 2.45) is 5.16 Å². The highest BCUT2D eigenvalue weighted by Gasteiger charge is 2.33. The standard InChI is InChI=1S/C20H26N2O5/c1-24-17-7-6-14(12-18(17)26-15-4-2-3-5-15)16-13-19(27-21-16)20(23)22-8-10-25-11-9-22/h6-7,12,15,19H,2-5,8-11,13H2,1H3. The van der Waals surface area contributed by atoms with Crippen molar-refractivity contribution in [1.29, 1.82) is 0 Å². The zero-order valence-electron chi connectivity index (χ0n) is 15.7. The number of carbonyl (C=O) groups excluding carboxylic acids is 1. The molecule has 0 spiro atoms. The molecule has 7 heteroatoms. The number of hydrogen-bond acceptors (Lipinski definition) is 6. The highest BCUT2D eigenvalue weighted by Crippen LogP contribution is 2.33. The summed E-state index contributed by atoms with van der Waals surface area (Å²) in [5.74, 6) is 1.42. The Kier molecular flexibility index (Phi) is 5.48. The van der Waals surface area contributed by atoms with Gasteiger partial charge in [0.15, 0.2) is 11.5 Å². The van der Waals surface area contributed by atoms with Crippen LogP contribution < -0.4 is 9.47 Å². The van der Waals surface area contributed by atoms with Gasteiger partial charge in [-0.05, 0) is 43.9 Å². The number of methoxy groups -OCH3 is 1. The molecule has 0 radical (unpaired) electrons. The fraction of sp³-hybridized carbons (Fsp3) is 0.600. The van der Waals surface area contributed by atoms with E-state index in [0.717, 1.165) is 29.9 Å². The summed E-state index contributed by atoms with van der Waals surface area (Å²) in [6.07, 6.45) is 4.72. The van der Waals surface area contributed by atoms with Gasteiger partial charge in [-0.1, -0.05) is 5.16 Å². The van der Waals surface area contributed by atoms with E-state index in [9.17, 15) is 4.79 Å². The lowest BCUT2D eigenvalue weighted by atomic mass is 10.0. The Morgan fingerprint density at radius 3 is 2.70 bits per heavy atom. The molecular weight excluding hydrogens is 348 g/mol. The first kappa shape index (κ1) is 18.1. The highest BCUT2D eigenvalue weighted by atomic mass is 16.6. The monoisotopic (exact) mass is 374 g/mol. The van der Waals surface area contributed by atoms with E-state index < -0.39 is 6.10 Å². The van der Waals surface area contributed by atoms with E-state index in [0.29, 0.717) is 38.5 Å². The van der Waals surface area contributed by atoms with Crippen LogP contribution in [-0.2, 0) is 14.4 Å². The summed E-state index contributed by atoms with van der Waals surface area (Å²) in [5, 5.41) is 4.17. The van der Waals surface area contributed by atoms with Crippen molar-refractivity contribution < 1.29 is 23.8 Å². The number of amides is 1. The number of rotatable bonds is 5. The summed E-state index contributed by atoms with van der Waals surface area (Å²) in [5.41, 5.74) is 1.67. The molecule has 2 aliphatic heterocycles. The van der Waals surface area contributed by atoms with E-state index in [2.05, 4.69) is 5.16 Å². The molecule has 1 atom stereocenters. The smallest absolute Gasteiger partial charge is 0.267 e. The zero-order valence-corrected chi connectivity index (χ0v) is 15.7. The molecule has 7 nitrogen and oxygen atoms in total. The van der Waals surface area contributed by atoms with Gasteiger partial charge in [-0.2, -0.15) is 0 Å². The molecule has 1 amide bonds. The van der Waals surface area contributed by atoms with Crippen molar-refractivity contribution in [3.05, 3.63) is 23.8 Å². The molecule has 1 aliphatic carbocycles. The summed E-state index contributed by atoms with van der Waals surface area (Å²) < 4.78 is 16.9. The highest BCUT2D eigenvalue weighted by molar-refractivity contribution is 6.04. The summed E-state index contributed by atoms with van der Waals surface area (Å²) in [6, 6.07) is 5.77. The maximum Gasteiger partial charge on any atom is 0.267 e. The van der Waals surface area contributed by atoms with Crippen molar-refractivity contribution in [2.75, 3.05) is 33.4 Å². The summed E-state index contributed by atoms with van der Waals surface area (Å²) in [6.45, 7) is 2.37. The Bertz CT molecular complexity index is 708. The zero-order chi connectivity index (χ0) is 18.6. The molecule has 0 N–H and O–H groups in total. The third-order valence-electron chi connectivity index (χ3n) is 5.36. The number of hydrogen-bond donors (Lipinski definition) is 0. The first-order chi connectivity index (χ1) is 13.2.